The third-order valence-electron chi connectivity index (χ3n) is 3.08. The van der Waals surface area contributed by atoms with Crippen molar-refractivity contribution in [2.45, 2.75) is 20.0 Å². The topological polar surface area (TPSA) is 65.5 Å². The van der Waals surface area contributed by atoms with Gasteiger partial charge in [0.15, 0.2) is 5.96 Å². The quantitative estimate of drug-likeness (QED) is 0.258. The van der Waals surface area contributed by atoms with Crippen LogP contribution < -0.4 is 16.0 Å². The van der Waals surface area contributed by atoms with Gasteiger partial charge in [-0.25, -0.2) is 0 Å². The number of halogens is 4. The van der Waals surface area contributed by atoms with Crippen LogP contribution in [0.15, 0.2) is 29.3 Å². The second-order valence-corrected chi connectivity index (χ2v) is 5.60. The Labute approximate surface area is 162 Å². The fraction of sp³-hybridized carbons (Fsp3) is 0.500. The number of alkyl halides is 3. The standard InChI is InChI=1S/C16H23F3N4O.HI/c1-11(2)10-23-15(20-3)22-9-8-21-14(24)12-4-6-13(7-5-12)16(17,18)19;/h4-7,11H,8-10H2,1-3H3,(H,21,24)(H2,20,22,23);1H. The molecule has 0 aromatic heterocycles. The van der Waals surface area contributed by atoms with Gasteiger partial charge in [-0.1, -0.05) is 13.8 Å². The molecule has 0 aliphatic rings. The van der Waals surface area contributed by atoms with Gasteiger partial charge in [0.25, 0.3) is 5.91 Å². The molecule has 9 heteroatoms. The molecule has 0 fully saturated rings. The van der Waals surface area contributed by atoms with Gasteiger partial charge in [-0.05, 0) is 30.2 Å². The highest BCUT2D eigenvalue weighted by molar-refractivity contribution is 14.0. The molecule has 1 amide bonds. The minimum absolute atomic E-state index is 0. The molecule has 0 unspecified atom stereocenters. The second-order valence-electron chi connectivity index (χ2n) is 5.60. The monoisotopic (exact) mass is 472 g/mol. The number of amides is 1. The van der Waals surface area contributed by atoms with E-state index < -0.39 is 17.6 Å². The van der Waals surface area contributed by atoms with E-state index in [9.17, 15) is 18.0 Å². The Kier molecular flexibility index (Phi) is 10.5. The Bertz CT molecular complexity index is 559. The fourth-order valence-electron chi connectivity index (χ4n) is 1.79. The molecule has 1 rings (SSSR count). The molecule has 142 valence electrons. The van der Waals surface area contributed by atoms with Crippen LogP contribution in [0, 0.1) is 5.92 Å². The van der Waals surface area contributed by atoms with Crippen LogP contribution in [-0.4, -0.2) is 38.5 Å². The molecular formula is C16H24F3IN4O. The molecule has 0 saturated heterocycles. The Morgan fingerprint density at radius 3 is 2.12 bits per heavy atom. The van der Waals surface area contributed by atoms with Crippen LogP contribution in [0.1, 0.15) is 29.8 Å². The molecule has 1 aromatic carbocycles. The van der Waals surface area contributed by atoms with E-state index in [2.05, 4.69) is 34.8 Å². The molecule has 3 N–H and O–H groups in total. The molecule has 0 atom stereocenters. The largest absolute Gasteiger partial charge is 0.416 e. The molecule has 25 heavy (non-hydrogen) atoms. The van der Waals surface area contributed by atoms with Gasteiger partial charge in [0.1, 0.15) is 0 Å². The van der Waals surface area contributed by atoms with Crippen molar-refractivity contribution in [2.24, 2.45) is 10.9 Å². The number of carbonyl (C=O) groups excluding carboxylic acids is 1. The smallest absolute Gasteiger partial charge is 0.356 e. The first-order valence-electron chi connectivity index (χ1n) is 7.64. The van der Waals surface area contributed by atoms with Gasteiger partial charge < -0.3 is 16.0 Å². The number of nitrogens with zero attached hydrogens (tertiary/aromatic N) is 1. The summed E-state index contributed by atoms with van der Waals surface area (Å²) in [6.07, 6.45) is -4.40. The summed E-state index contributed by atoms with van der Waals surface area (Å²) in [6.45, 7) is 5.69. The highest BCUT2D eigenvalue weighted by atomic mass is 127. The zero-order valence-corrected chi connectivity index (χ0v) is 16.7. The summed E-state index contributed by atoms with van der Waals surface area (Å²) in [7, 11) is 1.65. The minimum atomic E-state index is -4.40. The van der Waals surface area contributed by atoms with E-state index in [4.69, 9.17) is 0 Å². The Morgan fingerprint density at radius 2 is 1.64 bits per heavy atom. The zero-order chi connectivity index (χ0) is 18.2. The summed E-state index contributed by atoms with van der Waals surface area (Å²) in [5.41, 5.74) is -0.592. The van der Waals surface area contributed by atoms with Crippen molar-refractivity contribution in [1.29, 1.82) is 0 Å². The molecule has 0 radical (unpaired) electrons. The molecule has 0 saturated carbocycles. The SMILES string of the molecule is CN=C(NCCNC(=O)c1ccc(C(F)(F)F)cc1)NCC(C)C.I. The van der Waals surface area contributed by atoms with E-state index in [1.54, 1.807) is 7.05 Å². The lowest BCUT2D eigenvalue weighted by Crippen LogP contribution is -2.42. The summed E-state index contributed by atoms with van der Waals surface area (Å²) in [5.74, 6) is 0.686. The number of benzene rings is 1. The molecule has 0 aliphatic carbocycles. The number of hydrogen-bond acceptors (Lipinski definition) is 2. The van der Waals surface area contributed by atoms with E-state index in [-0.39, 0.29) is 29.5 Å². The van der Waals surface area contributed by atoms with Crippen molar-refractivity contribution in [3.63, 3.8) is 0 Å². The van der Waals surface area contributed by atoms with E-state index >= 15 is 0 Å². The molecule has 1 aromatic rings. The Morgan fingerprint density at radius 1 is 1.08 bits per heavy atom. The third-order valence-corrected chi connectivity index (χ3v) is 3.08. The molecular weight excluding hydrogens is 448 g/mol. The van der Waals surface area contributed by atoms with Crippen LogP contribution in [0.5, 0.6) is 0 Å². The lowest BCUT2D eigenvalue weighted by atomic mass is 10.1. The van der Waals surface area contributed by atoms with Crippen LogP contribution in [0.3, 0.4) is 0 Å². The van der Waals surface area contributed by atoms with E-state index in [1.807, 2.05) is 0 Å². The maximum atomic E-state index is 12.5. The highest BCUT2D eigenvalue weighted by Gasteiger charge is 2.30. The zero-order valence-electron chi connectivity index (χ0n) is 14.4. The predicted octanol–water partition coefficient (Wildman–Crippen LogP) is 2.87. The summed E-state index contributed by atoms with van der Waals surface area (Å²) >= 11 is 0. The maximum Gasteiger partial charge on any atom is 0.416 e. The van der Waals surface area contributed by atoms with E-state index in [0.29, 0.717) is 25.0 Å². The van der Waals surface area contributed by atoms with Crippen molar-refractivity contribution in [3.8, 4) is 0 Å². The number of guanidine groups is 1. The summed E-state index contributed by atoms with van der Waals surface area (Å²) in [6, 6.07) is 4.11. The van der Waals surface area contributed by atoms with Gasteiger partial charge in [-0.3, -0.25) is 9.79 Å². The molecule has 5 nitrogen and oxygen atoms in total. The van der Waals surface area contributed by atoms with Crippen molar-refractivity contribution in [1.82, 2.24) is 16.0 Å². The number of carbonyl (C=O) groups is 1. The number of hydrogen-bond donors (Lipinski definition) is 3. The average molecular weight is 472 g/mol. The van der Waals surface area contributed by atoms with Crippen molar-refractivity contribution in [3.05, 3.63) is 35.4 Å². The van der Waals surface area contributed by atoms with Gasteiger partial charge in [0, 0.05) is 32.2 Å². The van der Waals surface area contributed by atoms with Crippen molar-refractivity contribution >= 4 is 35.8 Å². The molecule has 0 aliphatic heterocycles. The van der Waals surface area contributed by atoms with Crippen LogP contribution >= 0.6 is 24.0 Å². The maximum absolute atomic E-state index is 12.5. The first kappa shape index (κ1) is 23.5. The lowest BCUT2D eigenvalue weighted by molar-refractivity contribution is -0.137. The van der Waals surface area contributed by atoms with Gasteiger partial charge in [-0.2, -0.15) is 13.2 Å². The minimum Gasteiger partial charge on any atom is -0.356 e. The summed E-state index contributed by atoms with van der Waals surface area (Å²) in [5, 5.41) is 8.80. The first-order valence-corrected chi connectivity index (χ1v) is 7.64. The predicted molar refractivity (Wildman–Crippen MR) is 103 cm³/mol. The van der Waals surface area contributed by atoms with Crippen LogP contribution in [0.4, 0.5) is 13.2 Å². The van der Waals surface area contributed by atoms with Gasteiger partial charge in [-0.15, -0.1) is 24.0 Å². The van der Waals surface area contributed by atoms with Crippen molar-refractivity contribution in [2.75, 3.05) is 26.7 Å². The Balaban J connectivity index is 0.00000576. The summed E-state index contributed by atoms with van der Waals surface area (Å²) in [4.78, 5) is 15.9. The van der Waals surface area contributed by atoms with Crippen LogP contribution in [0.2, 0.25) is 0 Å². The van der Waals surface area contributed by atoms with E-state index in [1.165, 1.54) is 0 Å². The number of nitrogens with one attached hydrogen (secondary N) is 3. The van der Waals surface area contributed by atoms with E-state index in [0.717, 1.165) is 30.8 Å². The van der Waals surface area contributed by atoms with Gasteiger partial charge in [0.2, 0.25) is 0 Å². The average Bonchev–Trinajstić information content (AvgIpc) is 2.53. The van der Waals surface area contributed by atoms with Crippen molar-refractivity contribution < 1.29 is 18.0 Å². The van der Waals surface area contributed by atoms with Crippen LogP contribution in [0.25, 0.3) is 0 Å². The highest BCUT2D eigenvalue weighted by Crippen LogP contribution is 2.28. The first-order chi connectivity index (χ1) is 11.2. The third kappa shape index (κ3) is 8.94. The van der Waals surface area contributed by atoms with Crippen LogP contribution in [-0.2, 0) is 6.18 Å². The molecule has 0 spiro atoms. The van der Waals surface area contributed by atoms with Gasteiger partial charge >= 0.3 is 6.18 Å². The number of aliphatic imine (C=N–C) groups is 1. The molecule has 0 bridgehead atoms. The number of rotatable bonds is 6. The van der Waals surface area contributed by atoms with Gasteiger partial charge in [0.05, 0.1) is 5.56 Å². The fourth-order valence-corrected chi connectivity index (χ4v) is 1.79. The second kappa shape index (κ2) is 11.2. The normalized spacial score (nSPS) is 11.7. The summed E-state index contributed by atoms with van der Waals surface area (Å²) < 4.78 is 37.4. The Hall–Kier alpha value is -1.52. The molecule has 0 heterocycles. The lowest BCUT2D eigenvalue weighted by Gasteiger charge is -2.13.